The molecule has 0 saturated carbocycles. The lowest BCUT2D eigenvalue weighted by Crippen LogP contribution is -2.31. The van der Waals surface area contributed by atoms with Crippen molar-refractivity contribution in [2.24, 2.45) is 0 Å². The number of benzene rings is 2. The number of carbonyl (C=O) groups excluding carboxylic acids is 1. The molecule has 1 fully saturated rings. The van der Waals surface area contributed by atoms with E-state index in [9.17, 15) is 4.79 Å². The summed E-state index contributed by atoms with van der Waals surface area (Å²) in [5.74, 6) is 0.546. The van der Waals surface area contributed by atoms with E-state index in [1.54, 1.807) is 6.20 Å². The van der Waals surface area contributed by atoms with Crippen molar-refractivity contribution in [2.75, 3.05) is 18.4 Å². The number of anilines is 1. The quantitative estimate of drug-likeness (QED) is 0.459. The van der Waals surface area contributed by atoms with E-state index in [0.29, 0.717) is 12.5 Å². The minimum atomic E-state index is -0.254. The fraction of sp³-hybridized carbons (Fsp3) is 0.259. The van der Waals surface area contributed by atoms with E-state index in [0.717, 1.165) is 59.2 Å². The number of urea groups is 1. The third-order valence-corrected chi connectivity index (χ3v) is 6.45. The fourth-order valence-corrected chi connectivity index (χ4v) is 4.30. The van der Waals surface area contributed by atoms with Gasteiger partial charge in [0.15, 0.2) is 0 Å². The molecule has 1 aromatic heterocycles. The topological polar surface area (TPSA) is 57.3 Å². The zero-order chi connectivity index (χ0) is 23.2. The van der Waals surface area contributed by atoms with Crippen LogP contribution in [0.25, 0.3) is 5.70 Å². The van der Waals surface area contributed by atoms with Gasteiger partial charge in [0.05, 0.1) is 12.2 Å². The molecule has 0 aliphatic carbocycles. The van der Waals surface area contributed by atoms with Gasteiger partial charge < -0.3 is 15.5 Å². The van der Waals surface area contributed by atoms with Gasteiger partial charge in [-0.25, -0.2) is 4.79 Å². The highest BCUT2D eigenvalue weighted by Crippen LogP contribution is 2.32. The molecule has 33 heavy (non-hydrogen) atoms. The largest absolute Gasteiger partial charge is 0.371 e. The van der Waals surface area contributed by atoms with Crippen LogP contribution in [0.3, 0.4) is 0 Å². The lowest BCUT2D eigenvalue weighted by atomic mass is 9.89. The summed E-state index contributed by atoms with van der Waals surface area (Å²) in [6, 6.07) is 19.7. The molecular weight excluding hydrogens is 432 g/mol. The Labute approximate surface area is 200 Å². The molecule has 0 spiro atoms. The van der Waals surface area contributed by atoms with Crippen LogP contribution in [0.15, 0.2) is 73.4 Å². The molecule has 6 heteroatoms. The van der Waals surface area contributed by atoms with E-state index in [-0.39, 0.29) is 6.03 Å². The number of likely N-dealkylation sites (tertiary alicyclic amines) is 1. The first-order valence-electron chi connectivity index (χ1n) is 11.2. The molecule has 2 heterocycles. The Bertz CT molecular complexity index is 1110. The number of nitrogens with zero attached hydrogens (tertiary/aromatic N) is 2. The molecule has 2 N–H and O–H groups in total. The second-order valence-corrected chi connectivity index (χ2v) is 8.85. The van der Waals surface area contributed by atoms with Crippen molar-refractivity contribution in [1.29, 1.82) is 0 Å². The number of aromatic nitrogens is 1. The summed E-state index contributed by atoms with van der Waals surface area (Å²) in [4.78, 5) is 19.0. The molecule has 1 aliphatic heterocycles. The number of hydrogen-bond donors (Lipinski definition) is 2. The van der Waals surface area contributed by atoms with E-state index in [4.69, 9.17) is 11.6 Å². The van der Waals surface area contributed by atoms with E-state index >= 15 is 0 Å². The summed E-state index contributed by atoms with van der Waals surface area (Å²) in [5, 5.41) is 6.60. The van der Waals surface area contributed by atoms with Gasteiger partial charge in [-0.15, -0.1) is 0 Å². The molecule has 1 saturated heterocycles. The minimum Gasteiger partial charge on any atom is -0.371 e. The van der Waals surface area contributed by atoms with Crippen LogP contribution in [0.2, 0.25) is 5.02 Å². The summed E-state index contributed by atoms with van der Waals surface area (Å²) in [6.07, 6.45) is 3.87. The SMILES string of the molecule is C=C(c1ccc(C)c(NC(=O)NCc2ccccn2)c1)N1CCC(c2ccc(Cl)cc2)CC1. The smallest absolute Gasteiger partial charge is 0.319 e. The van der Waals surface area contributed by atoms with Crippen LogP contribution in [-0.4, -0.2) is 29.0 Å². The van der Waals surface area contributed by atoms with Crippen molar-refractivity contribution in [2.45, 2.75) is 32.2 Å². The first kappa shape index (κ1) is 22.9. The summed E-state index contributed by atoms with van der Waals surface area (Å²) in [6.45, 7) is 8.62. The number of carbonyl (C=O) groups is 1. The Hall–Kier alpha value is -3.31. The summed E-state index contributed by atoms with van der Waals surface area (Å²) < 4.78 is 0. The zero-order valence-electron chi connectivity index (χ0n) is 18.9. The molecule has 170 valence electrons. The Balaban J connectivity index is 1.35. The highest BCUT2D eigenvalue weighted by molar-refractivity contribution is 6.30. The van der Waals surface area contributed by atoms with Gasteiger partial charge in [0.1, 0.15) is 0 Å². The standard InChI is InChI=1S/C27H29ClN4O/c1-19-6-7-23(17-26(19)31-27(33)30-18-25-5-3-4-14-29-25)20(2)32-15-12-22(13-16-32)21-8-10-24(28)11-9-21/h3-11,14,17,22H,2,12-13,15-16,18H2,1H3,(H2,30,31,33). The van der Waals surface area contributed by atoms with Gasteiger partial charge in [0.25, 0.3) is 0 Å². The predicted octanol–water partition coefficient (Wildman–Crippen LogP) is 6.22. The van der Waals surface area contributed by atoms with Crippen LogP contribution >= 0.6 is 11.6 Å². The van der Waals surface area contributed by atoms with Crippen molar-refractivity contribution in [3.05, 3.63) is 101 Å². The molecule has 3 aromatic rings. The number of nitrogens with one attached hydrogen (secondary N) is 2. The van der Waals surface area contributed by atoms with Crippen molar-refractivity contribution >= 4 is 29.0 Å². The Morgan fingerprint density at radius 2 is 1.88 bits per heavy atom. The van der Waals surface area contributed by atoms with Gasteiger partial charge in [0, 0.05) is 35.7 Å². The fourth-order valence-electron chi connectivity index (χ4n) is 4.18. The van der Waals surface area contributed by atoms with Gasteiger partial charge in [-0.3, -0.25) is 4.98 Å². The number of aryl methyl sites for hydroxylation is 1. The highest BCUT2D eigenvalue weighted by Gasteiger charge is 2.22. The van der Waals surface area contributed by atoms with Crippen LogP contribution in [0.4, 0.5) is 10.5 Å². The van der Waals surface area contributed by atoms with Crippen molar-refractivity contribution in [3.8, 4) is 0 Å². The molecule has 0 unspecified atom stereocenters. The normalized spacial score (nSPS) is 14.1. The van der Waals surface area contributed by atoms with Crippen LogP contribution in [-0.2, 0) is 6.54 Å². The third kappa shape index (κ3) is 5.93. The molecular formula is C27H29ClN4O. The maximum absolute atomic E-state index is 12.4. The second-order valence-electron chi connectivity index (χ2n) is 8.42. The molecule has 2 amide bonds. The van der Waals surface area contributed by atoms with Crippen molar-refractivity contribution in [3.63, 3.8) is 0 Å². The van der Waals surface area contributed by atoms with Gasteiger partial charge >= 0.3 is 6.03 Å². The number of pyridine rings is 1. The van der Waals surface area contributed by atoms with E-state index in [1.807, 2.05) is 49.4 Å². The third-order valence-electron chi connectivity index (χ3n) is 6.19. The summed E-state index contributed by atoms with van der Waals surface area (Å²) in [7, 11) is 0. The second kappa shape index (κ2) is 10.5. The number of halogens is 1. The zero-order valence-corrected chi connectivity index (χ0v) is 19.6. The molecule has 0 radical (unpaired) electrons. The Kier molecular flexibility index (Phi) is 7.30. The van der Waals surface area contributed by atoms with Crippen LogP contribution in [0.5, 0.6) is 0 Å². The molecule has 4 rings (SSSR count). The maximum atomic E-state index is 12.4. The number of hydrogen-bond acceptors (Lipinski definition) is 3. The molecule has 0 atom stereocenters. The van der Waals surface area contributed by atoms with Crippen LogP contribution < -0.4 is 10.6 Å². The first-order valence-corrected chi connectivity index (χ1v) is 11.6. The summed E-state index contributed by atoms with van der Waals surface area (Å²) in [5.41, 5.74) is 5.95. The Morgan fingerprint density at radius 1 is 1.12 bits per heavy atom. The average molecular weight is 461 g/mol. The van der Waals surface area contributed by atoms with Crippen LogP contribution in [0.1, 0.15) is 41.1 Å². The lowest BCUT2D eigenvalue weighted by molar-refractivity contribution is 0.251. The minimum absolute atomic E-state index is 0.254. The van der Waals surface area contributed by atoms with E-state index in [2.05, 4.69) is 45.3 Å². The number of amides is 2. The molecule has 2 aromatic carbocycles. The Morgan fingerprint density at radius 3 is 2.58 bits per heavy atom. The van der Waals surface area contributed by atoms with Crippen molar-refractivity contribution in [1.82, 2.24) is 15.2 Å². The van der Waals surface area contributed by atoms with Gasteiger partial charge in [0.2, 0.25) is 0 Å². The van der Waals surface area contributed by atoms with Gasteiger partial charge in [-0.05, 0) is 72.7 Å². The summed E-state index contributed by atoms with van der Waals surface area (Å²) >= 11 is 6.03. The molecule has 0 bridgehead atoms. The predicted molar refractivity (Wildman–Crippen MR) is 135 cm³/mol. The first-order chi connectivity index (χ1) is 16.0. The maximum Gasteiger partial charge on any atom is 0.319 e. The van der Waals surface area contributed by atoms with Gasteiger partial charge in [-0.1, -0.05) is 48.5 Å². The molecule has 5 nitrogen and oxygen atoms in total. The van der Waals surface area contributed by atoms with E-state index in [1.165, 1.54) is 5.56 Å². The average Bonchev–Trinajstić information content (AvgIpc) is 2.85. The lowest BCUT2D eigenvalue weighted by Gasteiger charge is -2.35. The molecule has 1 aliphatic rings. The van der Waals surface area contributed by atoms with Crippen molar-refractivity contribution < 1.29 is 4.79 Å². The van der Waals surface area contributed by atoms with Crippen LogP contribution in [0, 0.1) is 6.92 Å². The number of rotatable bonds is 6. The monoisotopic (exact) mass is 460 g/mol. The van der Waals surface area contributed by atoms with Gasteiger partial charge in [-0.2, -0.15) is 0 Å². The number of piperidine rings is 1. The highest BCUT2D eigenvalue weighted by atomic mass is 35.5. The van der Waals surface area contributed by atoms with E-state index < -0.39 is 0 Å².